The summed E-state index contributed by atoms with van der Waals surface area (Å²) in [5.74, 6) is -0.0509. The number of nitrogens with zero attached hydrogens (tertiary/aromatic N) is 1. The van der Waals surface area contributed by atoms with Crippen molar-refractivity contribution in [1.29, 1.82) is 0 Å². The number of nitrogens with one attached hydrogen (secondary N) is 2. The third-order valence-corrected chi connectivity index (χ3v) is 7.14. The molecule has 10 heteroatoms. The number of benzene rings is 2. The van der Waals surface area contributed by atoms with Crippen LogP contribution in [-0.2, 0) is 26.0 Å². The highest BCUT2D eigenvalue weighted by Gasteiger charge is 2.23. The fraction of sp³-hybridized carbons (Fsp3) is 0.333. The summed E-state index contributed by atoms with van der Waals surface area (Å²) in [6.07, 6.45) is 1.70. The van der Waals surface area contributed by atoms with Gasteiger partial charge in [-0.15, -0.1) is 0 Å². The van der Waals surface area contributed by atoms with Gasteiger partial charge in [0.2, 0.25) is 11.8 Å². The molecule has 3 rings (SSSR count). The average Bonchev–Trinajstić information content (AvgIpc) is 2.71. The van der Waals surface area contributed by atoms with Gasteiger partial charge in [-0.3, -0.25) is 14.3 Å². The Bertz CT molecular complexity index is 1070. The quantitative estimate of drug-likeness (QED) is 0.657. The molecule has 0 aromatic heterocycles. The summed E-state index contributed by atoms with van der Waals surface area (Å²) in [5, 5.41) is 3.31. The molecular formula is C21H23Cl2N3O4S. The minimum atomic E-state index is -3.82. The number of carbonyl (C=O) groups is 2. The van der Waals surface area contributed by atoms with Crippen molar-refractivity contribution in [3.05, 3.63) is 58.1 Å². The molecule has 0 bridgehead atoms. The lowest BCUT2D eigenvalue weighted by molar-refractivity contribution is -0.131. The molecule has 0 atom stereocenters. The third kappa shape index (κ3) is 6.35. The second-order valence-corrected chi connectivity index (χ2v) is 9.91. The highest BCUT2D eigenvalue weighted by atomic mass is 35.5. The maximum absolute atomic E-state index is 12.6. The third-order valence-electron chi connectivity index (χ3n) is 5.02. The summed E-state index contributed by atoms with van der Waals surface area (Å²) in [7, 11) is -3.82. The van der Waals surface area contributed by atoms with E-state index in [4.69, 9.17) is 23.2 Å². The number of halogens is 2. The molecule has 0 radical (unpaired) electrons. The van der Waals surface area contributed by atoms with Crippen LogP contribution in [0, 0.1) is 0 Å². The van der Waals surface area contributed by atoms with Gasteiger partial charge in [0.25, 0.3) is 10.0 Å². The van der Waals surface area contributed by atoms with Crippen molar-refractivity contribution in [3.63, 3.8) is 0 Å². The molecule has 166 valence electrons. The first kappa shape index (κ1) is 23.4. The van der Waals surface area contributed by atoms with Gasteiger partial charge in [-0.25, -0.2) is 8.42 Å². The minimum absolute atomic E-state index is 0.00354. The smallest absolute Gasteiger partial charge is 0.261 e. The fourth-order valence-corrected chi connectivity index (χ4v) is 4.84. The molecule has 1 saturated heterocycles. The van der Waals surface area contributed by atoms with Crippen molar-refractivity contribution >= 4 is 50.7 Å². The molecule has 0 spiro atoms. The summed E-state index contributed by atoms with van der Waals surface area (Å²) < 4.78 is 27.5. The zero-order valence-corrected chi connectivity index (χ0v) is 19.2. The number of anilines is 1. The molecule has 2 amide bonds. The van der Waals surface area contributed by atoms with Gasteiger partial charge in [-0.05, 0) is 48.7 Å². The van der Waals surface area contributed by atoms with Crippen LogP contribution in [0.2, 0.25) is 10.0 Å². The van der Waals surface area contributed by atoms with Gasteiger partial charge in [0.05, 0.1) is 21.4 Å². The molecule has 0 saturated carbocycles. The Morgan fingerprint density at radius 1 is 1.03 bits per heavy atom. The monoisotopic (exact) mass is 483 g/mol. The molecule has 2 aromatic rings. The molecule has 1 aliphatic heterocycles. The standard InChI is InChI=1S/C21H23Cl2N3O4S/c1-14(27)24-16-8-10-26(11-9-16)21(28)12-15-2-4-17(5-3-15)25-31(29,30)18-6-7-19(22)20(23)13-18/h2-7,13,16,25H,8-12H2,1H3,(H,24,27). The van der Waals surface area contributed by atoms with Crippen LogP contribution in [0.3, 0.4) is 0 Å². The van der Waals surface area contributed by atoms with E-state index in [0.29, 0.717) is 18.8 Å². The lowest BCUT2D eigenvalue weighted by atomic mass is 10.0. The summed E-state index contributed by atoms with van der Waals surface area (Å²) in [6.45, 7) is 2.70. The Morgan fingerprint density at radius 2 is 1.68 bits per heavy atom. The van der Waals surface area contributed by atoms with Gasteiger partial charge in [-0.1, -0.05) is 35.3 Å². The number of likely N-dealkylation sites (tertiary alicyclic amines) is 1. The lowest BCUT2D eigenvalue weighted by Gasteiger charge is -2.32. The number of sulfonamides is 1. The van der Waals surface area contributed by atoms with Crippen molar-refractivity contribution in [2.24, 2.45) is 0 Å². The fourth-order valence-electron chi connectivity index (χ4n) is 3.40. The number of hydrogen-bond acceptors (Lipinski definition) is 4. The van der Waals surface area contributed by atoms with Crippen LogP contribution >= 0.6 is 23.2 Å². The van der Waals surface area contributed by atoms with Gasteiger partial charge in [0.1, 0.15) is 0 Å². The summed E-state index contributed by atoms with van der Waals surface area (Å²) in [5.41, 5.74) is 1.16. The van der Waals surface area contributed by atoms with Crippen LogP contribution in [0.5, 0.6) is 0 Å². The Kier molecular flexibility index (Phi) is 7.46. The average molecular weight is 484 g/mol. The highest BCUT2D eigenvalue weighted by Crippen LogP contribution is 2.26. The first-order valence-electron chi connectivity index (χ1n) is 9.76. The molecule has 1 aliphatic rings. The molecule has 7 nitrogen and oxygen atoms in total. The summed E-state index contributed by atoms with van der Waals surface area (Å²) >= 11 is 11.7. The Balaban J connectivity index is 1.57. The van der Waals surface area contributed by atoms with E-state index in [-0.39, 0.29) is 39.2 Å². The summed E-state index contributed by atoms with van der Waals surface area (Å²) in [6, 6.07) is 10.9. The highest BCUT2D eigenvalue weighted by molar-refractivity contribution is 7.92. The van der Waals surface area contributed by atoms with Crippen molar-refractivity contribution < 1.29 is 18.0 Å². The zero-order chi connectivity index (χ0) is 22.6. The van der Waals surface area contributed by atoms with E-state index in [1.165, 1.54) is 25.1 Å². The van der Waals surface area contributed by atoms with Crippen LogP contribution in [0.4, 0.5) is 5.69 Å². The number of rotatable bonds is 6. The topological polar surface area (TPSA) is 95.6 Å². The van der Waals surface area contributed by atoms with Crippen molar-refractivity contribution in [3.8, 4) is 0 Å². The van der Waals surface area contributed by atoms with Crippen LogP contribution < -0.4 is 10.0 Å². The zero-order valence-electron chi connectivity index (χ0n) is 16.9. The number of carbonyl (C=O) groups excluding carboxylic acids is 2. The van der Waals surface area contributed by atoms with Crippen LogP contribution in [0.15, 0.2) is 47.4 Å². The molecule has 0 aliphatic carbocycles. The van der Waals surface area contributed by atoms with E-state index in [9.17, 15) is 18.0 Å². The molecule has 1 fully saturated rings. The van der Waals surface area contributed by atoms with Gasteiger partial charge >= 0.3 is 0 Å². The first-order valence-corrected chi connectivity index (χ1v) is 12.0. The minimum Gasteiger partial charge on any atom is -0.353 e. The van der Waals surface area contributed by atoms with Crippen LogP contribution in [0.25, 0.3) is 0 Å². The van der Waals surface area contributed by atoms with Crippen molar-refractivity contribution in [2.75, 3.05) is 17.8 Å². The Hall–Kier alpha value is -2.29. The van der Waals surface area contributed by atoms with Crippen molar-refractivity contribution in [1.82, 2.24) is 10.2 Å². The SMILES string of the molecule is CC(=O)NC1CCN(C(=O)Cc2ccc(NS(=O)(=O)c3ccc(Cl)c(Cl)c3)cc2)CC1. The van der Waals surface area contributed by atoms with E-state index in [1.807, 2.05) is 0 Å². The molecule has 2 aromatic carbocycles. The van der Waals surface area contributed by atoms with Gasteiger partial charge < -0.3 is 10.2 Å². The predicted molar refractivity (Wildman–Crippen MR) is 121 cm³/mol. The lowest BCUT2D eigenvalue weighted by Crippen LogP contribution is -2.46. The Labute approximate surface area is 191 Å². The number of amides is 2. The second kappa shape index (κ2) is 9.89. The van der Waals surface area contributed by atoms with E-state index in [2.05, 4.69) is 10.0 Å². The number of hydrogen-bond donors (Lipinski definition) is 2. The van der Waals surface area contributed by atoms with Gasteiger partial charge in [-0.2, -0.15) is 0 Å². The van der Waals surface area contributed by atoms with E-state index in [1.54, 1.807) is 29.2 Å². The maximum Gasteiger partial charge on any atom is 0.261 e. The maximum atomic E-state index is 12.6. The van der Waals surface area contributed by atoms with Crippen molar-refractivity contribution in [2.45, 2.75) is 37.1 Å². The molecule has 2 N–H and O–H groups in total. The first-order chi connectivity index (χ1) is 14.6. The predicted octanol–water partition coefficient (Wildman–Crippen LogP) is 3.46. The van der Waals surface area contributed by atoms with Gasteiger partial charge in [0.15, 0.2) is 0 Å². The van der Waals surface area contributed by atoms with E-state index in [0.717, 1.165) is 18.4 Å². The molecule has 31 heavy (non-hydrogen) atoms. The normalized spacial score (nSPS) is 14.9. The largest absolute Gasteiger partial charge is 0.353 e. The summed E-state index contributed by atoms with van der Waals surface area (Å²) in [4.78, 5) is 25.5. The van der Waals surface area contributed by atoms with Crippen LogP contribution in [0.1, 0.15) is 25.3 Å². The molecule has 1 heterocycles. The van der Waals surface area contributed by atoms with E-state index < -0.39 is 10.0 Å². The number of piperidine rings is 1. The molecular weight excluding hydrogens is 461 g/mol. The van der Waals surface area contributed by atoms with Gasteiger partial charge in [0, 0.05) is 31.7 Å². The molecule has 0 unspecified atom stereocenters. The Morgan fingerprint density at radius 3 is 2.26 bits per heavy atom. The second-order valence-electron chi connectivity index (χ2n) is 7.41. The van der Waals surface area contributed by atoms with Crippen LogP contribution in [-0.4, -0.2) is 44.3 Å². The van der Waals surface area contributed by atoms with E-state index >= 15 is 0 Å².